The lowest BCUT2D eigenvalue weighted by Gasteiger charge is -2.31. The molecule has 6 nitrogen and oxygen atoms in total. The molecule has 1 aliphatic heterocycles. The van der Waals surface area contributed by atoms with Crippen LogP contribution in [0.2, 0.25) is 0 Å². The number of sulfonamides is 1. The topological polar surface area (TPSA) is 78.5 Å². The highest BCUT2D eigenvalue weighted by Gasteiger charge is 2.24. The van der Waals surface area contributed by atoms with Gasteiger partial charge in [-0.2, -0.15) is 0 Å². The molecule has 1 aliphatic carbocycles. The lowest BCUT2D eigenvalue weighted by molar-refractivity contribution is -0.124. The van der Waals surface area contributed by atoms with Crippen molar-refractivity contribution in [2.24, 2.45) is 5.92 Å². The highest BCUT2D eigenvalue weighted by molar-refractivity contribution is 7.89. The van der Waals surface area contributed by atoms with E-state index >= 15 is 0 Å². The van der Waals surface area contributed by atoms with E-state index in [0.29, 0.717) is 25.3 Å². The van der Waals surface area contributed by atoms with Gasteiger partial charge in [-0.25, -0.2) is 13.1 Å². The van der Waals surface area contributed by atoms with Gasteiger partial charge < -0.3 is 0 Å². The lowest BCUT2D eigenvalue weighted by Crippen LogP contribution is -2.43. The van der Waals surface area contributed by atoms with Gasteiger partial charge in [-0.1, -0.05) is 26.0 Å². The maximum Gasteiger partial charge on any atom is 0.242 e. The van der Waals surface area contributed by atoms with Crippen molar-refractivity contribution in [1.29, 1.82) is 0 Å². The van der Waals surface area contributed by atoms with Gasteiger partial charge in [-0.05, 0) is 66.9 Å². The minimum Gasteiger partial charge on any atom is -0.285 e. The zero-order valence-electron chi connectivity index (χ0n) is 16.8. The fraction of sp³-hybridized carbons (Fsp3) is 0.571. The van der Waals surface area contributed by atoms with Crippen molar-refractivity contribution in [2.45, 2.75) is 52.4 Å². The molecule has 1 unspecified atom stereocenters. The first-order valence-corrected chi connectivity index (χ1v) is 11.9. The number of hydrazine groups is 1. The smallest absolute Gasteiger partial charge is 0.242 e. The van der Waals surface area contributed by atoms with Gasteiger partial charge in [-0.3, -0.25) is 15.2 Å². The Kier molecular flexibility index (Phi) is 6.78. The molecular weight excluding hydrogens is 374 g/mol. The number of hydrogen-bond acceptors (Lipinski definition) is 4. The zero-order chi connectivity index (χ0) is 20.1. The van der Waals surface area contributed by atoms with E-state index < -0.39 is 10.0 Å². The molecule has 0 saturated carbocycles. The maximum atomic E-state index is 11.8. The molecule has 2 aliphatic rings. The molecule has 0 bridgehead atoms. The number of nitrogens with zero attached hydrogens (tertiary/aromatic N) is 1. The molecule has 1 amide bonds. The van der Waals surface area contributed by atoms with E-state index in [1.54, 1.807) is 0 Å². The van der Waals surface area contributed by atoms with Crippen molar-refractivity contribution in [3.05, 3.63) is 41.0 Å². The molecule has 0 radical (unpaired) electrons. The summed E-state index contributed by atoms with van der Waals surface area (Å²) in [6, 6.07) is 6.56. The van der Waals surface area contributed by atoms with Gasteiger partial charge in [0.05, 0.1) is 11.4 Å². The second-order valence-corrected chi connectivity index (χ2v) is 9.67. The standard InChI is InChI=1S/C21H31N3O3S/c1-3-11-24-20(7-8-21(25)23-24)18-6-5-17-13-16(14-19(17)15-18)9-10-22-28(26,27)12-4-2/h5-7,15-16,22H,3-4,8-14H2,1-2H3,(H,23,25). The summed E-state index contributed by atoms with van der Waals surface area (Å²) < 4.78 is 26.3. The van der Waals surface area contributed by atoms with Crippen LogP contribution >= 0.6 is 0 Å². The van der Waals surface area contributed by atoms with Crippen LogP contribution in [-0.4, -0.2) is 38.2 Å². The number of nitrogens with one attached hydrogen (secondary N) is 2. The van der Waals surface area contributed by atoms with Gasteiger partial charge >= 0.3 is 0 Å². The fourth-order valence-electron chi connectivity index (χ4n) is 4.06. The second-order valence-electron chi connectivity index (χ2n) is 7.74. The monoisotopic (exact) mass is 405 g/mol. The quantitative estimate of drug-likeness (QED) is 0.662. The number of hydrogen-bond donors (Lipinski definition) is 2. The fourth-order valence-corrected chi connectivity index (χ4v) is 5.17. The predicted octanol–water partition coefficient (Wildman–Crippen LogP) is 2.61. The molecule has 154 valence electrons. The first-order chi connectivity index (χ1) is 13.4. The van der Waals surface area contributed by atoms with Crippen molar-refractivity contribution in [1.82, 2.24) is 15.2 Å². The Morgan fingerprint density at radius 1 is 1.18 bits per heavy atom. The summed E-state index contributed by atoms with van der Waals surface area (Å²) in [5.41, 5.74) is 7.86. The van der Waals surface area contributed by atoms with Crippen molar-refractivity contribution in [3.63, 3.8) is 0 Å². The number of carbonyl (C=O) groups excluding carboxylic acids is 1. The van der Waals surface area contributed by atoms with Crippen LogP contribution < -0.4 is 10.1 Å². The Labute approximate surface area is 168 Å². The summed E-state index contributed by atoms with van der Waals surface area (Å²) in [7, 11) is -3.13. The van der Waals surface area contributed by atoms with E-state index in [4.69, 9.17) is 0 Å². The van der Waals surface area contributed by atoms with Crippen LogP contribution in [0.1, 0.15) is 56.2 Å². The highest BCUT2D eigenvalue weighted by Crippen LogP contribution is 2.32. The molecule has 1 heterocycles. The van der Waals surface area contributed by atoms with Gasteiger partial charge in [0.2, 0.25) is 15.9 Å². The van der Waals surface area contributed by atoms with Crippen LogP contribution in [0.3, 0.4) is 0 Å². The Morgan fingerprint density at radius 2 is 1.96 bits per heavy atom. The highest BCUT2D eigenvalue weighted by atomic mass is 32.2. The number of carbonyl (C=O) groups is 1. The van der Waals surface area contributed by atoms with Gasteiger partial charge in [-0.15, -0.1) is 0 Å². The molecule has 28 heavy (non-hydrogen) atoms. The van der Waals surface area contributed by atoms with Crippen LogP contribution in [-0.2, 0) is 27.7 Å². The largest absolute Gasteiger partial charge is 0.285 e. The van der Waals surface area contributed by atoms with Crippen molar-refractivity contribution >= 4 is 21.6 Å². The maximum absolute atomic E-state index is 11.8. The SMILES string of the molecule is CCCN1NC(=O)CC=C1c1ccc2c(c1)CC(CCNS(=O)(=O)CCC)C2. The van der Waals surface area contributed by atoms with Crippen LogP contribution in [0, 0.1) is 5.92 Å². The molecular formula is C21H31N3O3S. The minimum absolute atomic E-state index is 0.0314. The molecule has 3 rings (SSSR count). The van der Waals surface area contributed by atoms with E-state index in [-0.39, 0.29) is 11.7 Å². The van der Waals surface area contributed by atoms with Crippen molar-refractivity contribution in [2.75, 3.05) is 18.8 Å². The molecule has 0 spiro atoms. The third kappa shape index (κ3) is 5.14. The first kappa shape index (κ1) is 20.9. The lowest BCUT2D eigenvalue weighted by atomic mass is 10.0. The van der Waals surface area contributed by atoms with Crippen LogP contribution in [0.4, 0.5) is 0 Å². The summed E-state index contributed by atoms with van der Waals surface area (Å²) in [4.78, 5) is 11.7. The van der Waals surface area contributed by atoms with Gasteiger partial charge in [0.1, 0.15) is 0 Å². The average molecular weight is 406 g/mol. The molecule has 7 heteroatoms. The van der Waals surface area contributed by atoms with Gasteiger partial charge in [0.15, 0.2) is 0 Å². The Hall–Kier alpha value is -1.86. The summed E-state index contributed by atoms with van der Waals surface area (Å²) in [6.45, 7) is 5.27. The van der Waals surface area contributed by atoms with E-state index in [2.05, 4.69) is 35.3 Å². The van der Waals surface area contributed by atoms with Gasteiger partial charge in [0.25, 0.3) is 0 Å². The summed E-state index contributed by atoms with van der Waals surface area (Å²) in [5.74, 6) is 0.701. The molecule has 0 aromatic heterocycles. The Bertz CT molecular complexity index is 848. The second kappa shape index (κ2) is 9.09. The molecule has 1 aromatic rings. The zero-order valence-corrected chi connectivity index (χ0v) is 17.6. The molecule has 1 atom stereocenters. The van der Waals surface area contributed by atoms with E-state index in [9.17, 15) is 13.2 Å². The normalized spacial score (nSPS) is 19.4. The van der Waals surface area contributed by atoms with Crippen LogP contribution in [0.25, 0.3) is 5.70 Å². The third-order valence-electron chi connectivity index (χ3n) is 5.35. The van der Waals surface area contributed by atoms with E-state index in [1.807, 2.05) is 18.0 Å². The third-order valence-corrected chi connectivity index (χ3v) is 6.93. The van der Waals surface area contributed by atoms with E-state index in [0.717, 1.165) is 43.5 Å². The van der Waals surface area contributed by atoms with Crippen molar-refractivity contribution in [3.8, 4) is 0 Å². The van der Waals surface area contributed by atoms with Crippen LogP contribution in [0.15, 0.2) is 24.3 Å². The molecule has 0 saturated heterocycles. The number of amides is 1. The minimum atomic E-state index is -3.13. The molecule has 2 N–H and O–H groups in total. The summed E-state index contributed by atoms with van der Waals surface area (Å²) >= 11 is 0. The summed E-state index contributed by atoms with van der Waals surface area (Å²) in [6.07, 6.45) is 6.84. The Balaban J connectivity index is 1.63. The average Bonchev–Trinajstić information content (AvgIpc) is 3.03. The van der Waals surface area contributed by atoms with Crippen molar-refractivity contribution < 1.29 is 13.2 Å². The number of benzene rings is 1. The van der Waals surface area contributed by atoms with Gasteiger partial charge in [0, 0.05) is 19.5 Å². The number of fused-ring (bicyclic) bond motifs is 1. The molecule has 0 fully saturated rings. The summed E-state index contributed by atoms with van der Waals surface area (Å²) in [5, 5.41) is 1.95. The van der Waals surface area contributed by atoms with Crippen LogP contribution in [0.5, 0.6) is 0 Å². The number of rotatable bonds is 9. The molecule has 1 aromatic carbocycles. The van der Waals surface area contributed by atoms with E-state index in [1.165, 1.54) is 11.1 Å². The predicted molar refractivity (Wildman–Crippen MR) is 112 cm³/mol. The first-order valence-electron chi connectivity index (χ1n) is 10.3. The Morgan fingerprint density at radius 3 is 2.71 bits per heavy atom.